The van der Waals surface area contributed by atoms with Crippen molar-refractivity contribution in [3.05, 3.63) is 83.9 Å². The molecule has 0 N–H and O–H groups in total. The van der Waals surface area contributed by atoms with Gasteiger partial charge in [0, 0.05) is 0 Å². The highest BCUT2D eigenvalue weighted by Crippen LogP contribution is 2.33. The topological polar surface area (TPSA) is 45.0 Å². The number of hydrogen-bond donors (Lipinski definition) is 0. The Bertz CT molecular complexity index is 1070. The van der Waals surface area contributed by atoms with Gasteiger partial charge in [-0.1, -0.05) is 104 Å². The second-order valence-corrected chi connectivity index (χ2v) is 8.52. The minimum absolute atomic E-state index is 0.0781. The van der Waals surface area contributed by atoms with Gasteiger partial charge in [-0.05, 0) is 28.3 Å². The third-order valence-corrected chi connectivity index (χ3v) is 6.43. The van der Waals surface area contributed by atoms with Crippen molar-refractivity contribution in [3.8, 4) is 0 Å². The van der Waals surface area contributed by atoms with E-state index >= 15 is 0 Å². The summed E-state index contributed by atoms with van der Waals surface area (Å²) >= 11 is 1.54. The van der Waals surface area contributed by atoms with Crippen LogP contribution in [0.15, 0.2) is 83.0 Å². The molecule has 1 atom stereocenters. The molecule has 1 unspecified atom stereocenters. The number of amidine groups is 1. The smallest absolute Gasteiger partial charge is 0.242 e. The van der Waals surface area contributed by atoms with Crippen molar-refractivity contribution >= 4 is 39.8 Å². The molecule has 1 aliphatic rings. The Labute approximate surface area is 181 Å². The Morgan fingerprint density at radius 2 is 1.77 bits per heavy atom. The van der Waals surface area contributed by atoms with Gasteiger partial charge in [-0.2, -0.15) is 5.10 Å². The van der Waals surface area contributed by atoms with Crippen molar-refractivity contribution in [2.24, 2.45) is 10.2 Å². The third-order valence-electron chi connectivity index (χ3n) is 5.20. The Kier molecular flexibility index (Phi) is 6.60. The fourth-order valence-electron chi connectivity index (χ4n) is 3.59. The third kappa shape index (κ3) is 4.62. The summed E-state index contributed by atoms with van der Waals surface area (Å²) in [5.74, 6) is 0.134. The Balaban J connectivity index is 1.62. The highest BCUT2D eigenvalue weighted by Gasteiger charge is 2.37. The predicted molar refractivity (Wildman–Crippen MR) is 127 cm³/mol. The van der Waals surface area contributed by atoms with Crippen molar-refractivity contribution < 1.29 is 4.79 Å². The Hall–Kier alpha value is -2.92. The predicted octanol–water partition coefficient (Wildman–Crippen LogP) is 5.86. The van der Waals surface area contributed by atoms with E-state index in [0.717, 1.165) is 30.4 Å². The number of nitrogens with zero attached hydrogens (tertiary/aromatic N) is 3. The van der Waals surface area contributed by atoms with Crippen molar-refractivity contribution in [2.45, 2.75) is 38.0 Å². The van der Waals surface area contributed by atoms with Crippen LogP contribution < -0.4 is 0 Å². The monoisotopic (exact) mass is 415 g/mol. The Morgan fingerprint density at radius 3 is 2.60 bits per heavy atom. The van der Waals surface area contributed by atoms with Crippen LogP contribution in [0.5, 0.6) is 0 Å². The quantitative estimate of drug-likeness (QED) is 0.358. The standard InChI is InChI=1S/C25H25N3OS/c1-2-3-16-23-24(29)28(18-21-14-9-13-20-12-7-8-15-22(20)21)25(30-23)27-26-17-19-10-5-4-6-11-19/h4-15,17,23H,2-3,16,18H2,1H3. The fourth-order valence-corrected chi connectivity index (χ4v) is 4.73. The molecule has 0 radical (unpaired) electrons. The molecule has 1 heterocycles. The molecular weight excluding hydrogens is 390 g/mol. The first-order chi connectivity index (χ1) is 14.8. The minimum atomic E-state index is -0.0781. The molecule has 3 aromatic carbocycles. The zero-order valence-electron chi connectivity index (χ0n) is 17.1. The van der Waals surface area contributed by atoms with E-state index < -0.39 is 0 Å². The van der Waals surface area contributed by atoms with Gasteiger partial charge in [-0.15, -0.1) is 5.10 Å². The highest BCUT2D eigenvalue weighted by molar-refractivity contribution is 8.15. The van der Waals surface area contributed by atoms with Crippen LogP contribution in [0.3, 0.4) is 0 Å². The molecule has 0 saturated carbocycles. The number of benzene rings is 3. The summed E-state index contributed by atoms with van der Waals surface area (Å²) in [5, 5.41) is 11.7. The van der Waals surface area contributed by atoms with Gasteiger partial charge < -0.3 is 0 Å². The van der Waals surface area contributed by atoms with Gasteiger partial charge in [-0.3, -0.25) is 9.69 Å². The fraction of sp³-hybridized carbons (Fsp3) is 0.240. The van der Waals surface area contributed by atoms with Crippen molar-refractivity contribution in [1.29, 1.82) is 0 Å². The van der Waals surface area contributed by atoms with Crippen LogP contribution in [0.1, 0.15) is 37.3 Å². The lowest BCUT2D eigenvalue weighted by Crippen LogP contribution is -2.31. The molecule has 1 fully saturated rings. The maximum absolute atomic E-state index is 13.2. The van der Waals surface area contributed by atoms with Crippen molar-refractivity contribution in [3.63, 3.8) is 0 Å². The van der Waals surface area contributed by atoms with E-state index in [1.54, 1.807) is 11.1 Å². The lowest BCUT2D eigenvalue weighted by molar-refractivity contribution is -0.126. The second-order valence-electron chi connectivity index (χ2n) is 7.35. The molecular formula is C25H25N3OS. The van der Waals surface area contributed by atoms with Gasteiger partial charge in [0.05, 0.1) is 18.0 Å². The molecule has 5 heteroatoms. The summed E-state index contributed by atoms with van der Waals surface area (Å²) in [6, 6.07) is 24.4. The molecule has 0 aromatic heterocycles. The summed E-state index contributed by atoms with van der Waals surface area (Å²) in [6.45, 7) is 2.66. The largest absolute Gasteiger partial charge is 0.284 e. The number of hydrogen-bond acceptors (Lipinski definition) is 4. The van der Waals surface area contributed by atoms with Gasteiger partial charge in [0.25, 0.3) is 0 Å². The molecule has 1 amide bonds. The number of thioether (sulfide) groups is 1. The van der Waals surface area contributed by atoms with E-state index in [1.165, 1.54) is 22.5 Å². The van der Waals surface area contributed by atoms with Gasteiger partial charge in [-0.25, -0.2) is 0 Å². The SMILES string of the molecule is CCCCC1SC(=NN=Cc2ccccc2)N(Cc2cccc3ccccc23)C1=O. The van der Waals surface area contributed by atoms with E-state index in [2.05, 4.69) is 41.4 Å². The maximum Gasteiger partial charge on any atom is 0.242 e. The van der Waals surface area contributed by atoms with E-state index in [0.29, 0.717) is 11.7 Å². The lowest BCUT2D eigenvalue weighted by atomic mass is 10.0. The summed E-state index contributed by atoms with van der Waals surface area (Å²) in [5.41, 5.74) is 2.11. The number of amides is 1. The zero-order valence-corrected chi connectivity index (χ0v) is 17.9. The maximum atomic E-state index is 13.2. The van der Waals surface area contributed by atoms with Crippen LogP contribution in [-0.2, 0) is 11.3 Å². The van der Waals surface area contributed by atoms with E-state index in [1.807, 2.05) is 48.5 Å². The number of carbonyl (C=O) groups is 1. The number of rotatable bonds is 7. The van der Waals surface area contributed by atoms with Gasteiger partial charge in [0.1, 0.15) is 0 Å². The molecule has 1 saturated heterocycles. The van der Waals surface area contributed by atoms with Crippen LogP contribution in [0, 0.1) is 0 Å². The summed E-state index contributed by atoms with van der Waals surface area (Å²) in [6.07, 6.45) is 4.71. The van der Waals surface area contributed by atoms with E-state index in [4.69, 9.17) is 0 Å². The number of fused-ring (bicyclic) bond motifs is 1. The first kappa shape index (κ1) is 20.4. The van der Waals surface area contributed by atoms with Crippen LogP contribution in [0.25, 0.3) is 10.8 Å². The van der Waals surface area contributed by atoms with Crippen LogP contribution >= 0.6 is 11.8 Å². The number of carbonyl (C=O) groups excluding carboxylic acids is 1. The second kappa shape index (κ2) is 9.72. The molecule has 3 aromatic rings. The summed E-state index contributed by atoms with van der Waals surface area (Å²) in [4.78, 5) is 15.0. The van der Waals surface area contributed by atoms with Crippen LogP contribution in [0.2, 0.25) is 0 Å². The zero-order chi connectivity index (χ0) is 20.8. The summed E-state index contributed by atoms with van der Waals surface area (Å²) in [7, 11) is 0. The van der Waals surface area contributed by atoms with Gasteiger partial charge in [0.2, 0.25) is 5.91 Å². The summed E-state index contributed by atoms with van der Waals surface area (Å²) < 4.78 is 0. The normalized spacial score (nSPS) is 18.2. The molecule has 0 aliphatic carbocycles. The van der Waals surface area contributed by atoms with E-state index in [-0.39, 0.29) is 11.2 Å². The first-order valence-electron chi connectivity index (χ1n) is 10.4. The van der Waals surface area contributed by atoms with Gasteiger partial charge in [0.15, 0.2) is 5.17 Å². The highest BCUT2D eigenvalue weighted by atomic mass is 32.2. The molecule has 4 nitrogen and oxygen atoms in total. The van der Waals surface area contributed by atoms with Crippen LogP contribution in [-0.4, -0.2) is 27.4 Å². The molecule has 30 heavy (non-hydrogen) atoms. The molecule has 0 bridgehead atoms. The first-order valence-corrected chi connectivity index (χ1v) is 11.2. The average Bonchev–Trinajstić information content (AvgIpc) is 3.08. The van der Waals surface area contributed by atoms with Gasteiger partial charge >= 0.3 is 0 Å². The minimum Gasteiger partial charge on any atom is -0.284 e. The average molecular weight is 416 g/mol. The van der Waals surface area contributed by atoms with Crippen molar-refractivity contribution in [1.82, 2.24) is 4.90 Å². The molecule has 1 aliphatic heterocycles. The van der Waals surface area contributed by atoms with Crippen molar-refractivity contribution in [2.75, 3.05) is 0 Å². The number of unbranched alkanes of at least 4 members (excludes halogenated alkanes) is 1. The molecule has 0 spiro atoms. The van der Waals surface area contributed by atoms with Crippen LogP contribution in [0.4, 0.5) is 0 Å². The molecule has 152 valence electrons. The lowest BCUT2D eigenvalue weighted by Gasteiger charge is -2.17. The molecule has 4 rings (SSSR count). The van der Waals surface area contributed by atoms with E-state index in [9.17, 15) is 4.79 Å². The Morgan fingerprint density at radius 1 is 1.00 bits per heavy atom.